The van der Waals surface area contributed by atoms with Crippen molar-refractivity contribution in [1.29, 1.82) is 0 Å². The van der Waals surface area contributed by atoms with Crippen molar-refractivity contribution in [2.24, 2.45) is 7.05 Å². The molecule has 238 valence electrons. The molecule has 3 aromatic carbocycles. The number of halogens is 1. The fourth-order valence-corrected chi connectivity index (χ4v) is 6.27. The molecule has 1 aliphatic rings. The van der Waals surface area contributed by atoms with Crippen LogP contribution >= 0.6 is 11.6 Å². The summed E-state index contributed by atoms with van der Waals surface area (Å²) in [6, 6.07) is 12.3. The van der Waals surface area contributed by atoms with Gasteiger partial charge in [0.2, 0.25) is 5.75 Å². The number of fused-ring (bicyclic) bond motifs is 4. The molecule has 15 heteroatoms. The molecular formula is C31H29ClN6O8. The molecule has 1 N–H and O–H groups in total. The number of carbonyl (C=O) groups is 2. The molecule has 0 bridgehead atoms. The Bertz CT molecular complexity index is 2020. The van der Waals surface area contributed by atoms with Gasteiger partial charge in [0, 0.05) is 35.3 Å². The van der Waals surface area contributed by atoms with Crippen LogP contribution in [-0.4, -0.2) is 65.1 Å². The van der Waals surface area contributed by atoms with E-state index in [-0.39, 0.29) is 42.4 Å². The minimum absolute atomic E-state index is 0.145. The number of carbonyl (C=O) groups excluding carboxylic acids is 2. The van der Waals surface area contributed by atoms with Crippen LogP contribution in [0, 0.1) is 10.1 Å². The highest BCUT2D eigenvalue weighted by molar-refractivity contribution is 6.19. The molecule has 5 aromatic rings. The van der Waals surface area contributed by atoms with E-state index in [0.717, 1.165) is 15.6 Å². The van der Waals surface area contributed by atoms with Crippen LogP contribution in [-0.2, 0) is 18.4 Å². The number of nitrogens with one attached hydrogen (secondary N) is 1. The number of nitro groups is 1. The molecule has 6 rings (SSSR count). The Morgan fingerprint density at radius 2 is 1.83 bits per heavy atom. The number of benzene rings is 3. The van der Waals surface area contributed by atoms with E-state index in [2.05, 4.69) is 10.4 Å². The van der Waals surface area contributed by atoms with E-state index in [1.165, 1.54) is 39.1 Å². The Balaban J connectivity index is 1.39. The molecule has 0 radical (unpaired) electrons. The van der Waals surface area contributed by atoms with Crippen molar-refractivity contribution >= 4 is 62.6 Å². The maximum absolute atomic E-state index is 14.3. The van der Waals surface area contributed by atoms with Crippen molar-refractivity contribution < 1.29 is 33.5 Å². The third-order valence-corrected chi connectivity index (χ3v) is 8.39. The first-order chi connectivity index (χ1) is 22.2. The van der Waals surface area contributed by atoms with Crippen molar-refractivity contribution in [3.63, 3.8) is 0 Å². The quantitative estimate of drug-likeness (QED) is 0.121. The minimum atomic E-state index is -0.838. The van der Waals surface area contributed by atoms with Crippen LogP contribution in [0.15, 0.2) is 54.9 Å². The van der Waals surface area contributed by atoms with Gasteiger partial charge in [-0.3, -0.25) is 14.8 Å². The molecule has 46 heavy (non-hydrogen) atoms. The van der Waals surface area contributed by atoms with Crippen molar-refractivity contribution in [2.45, 2.75) is 12.5 Å². The van der Waals surface area contributed by atoms with Crippen LogP contribution < -0.4 is 24.4 Å². The van der Waals surface area contributed by atoms with Gasteiger partial charge < -0.3 is 29.1 Å². The van der Waals surface area contributed by atoms with E-state index in [9.17, 15) is 19.7 Å². The number of aromatic nitrogens is 3. The summed E-state index contributed by atoms with van der Waals surface area (Å²) in [5.41, 5.74) is 2.45. The van der Waals surface area contributed by atoms with Gasteiger partial charge in [0.15, 0.2) is 11.5 Å². The lowest BCUT2D eigenvalue weighted by Crippen LogP contribution is -2.33. The second-order valence-corrected chi connectivity index (χ2v) is 10.8. The number of methoxy groups -OCH3 is 3. The Morgan fingerprint density at radius 1 is 1.09 bits per heavy atom. The van der Waals surface area contributed by atoms with Gasteiger partial charge in [-0.2, -0.15) is 0 Å². The lowest BCUT2D eigenvalue weighted by Gasteiger charge is -2.21. The number of hydrogen-bond donors (Lipinski definition) is 1. The first-order valence-corrected chi connectivity index (χ1v) is 14.6. The molecule has 0 fully saturated rings. The Hall–Kier alpha value is -5.50. The van der Waals surface area contributed by atoms with Gasteiger partial charge in [-0.1, -0.05) is 29.4 Å². The van der Waals surface area contributed by atoms with Crippen LogP contribution in [0.5, 0.6) is 17.2 Å². The van der Waals surface area contributed by atoms with E-state index in [1.54, 1.807) is 29.3 Å². The molecule has 1 aliphatic heterocycles. The molecule has 0 saturated heterocycles. The summed E-state index contributed by atoms with van der Waals surface area (Å²) in [7, 11) is 5.93. The van der Waals surface area contributed by atoms with Gasteiger partial charge in [-0.15, -0.1) is 16.3 Å². The fraction of sp³-hybridized carbons (Fsp3) is 0.258. The summed E-state index contributed by atoms with van der Waals surface area (Å²) >= 11 is 6.47. The summed E-state index contributed by atoms with van der Waals surface area (Å²) in [5.74, 6) is 0.913. The van der Waals surface area contributed by atoms with Gasteiger partial charge in [-0.05, 0) is 34.1 Å². The van der Waals surface area contributed by atoms with Crippen LogP contribution in [0.25, 0.3) is 21.7 Å². The number of rotatable bonds is 8. The standard InChI is InChI=1S/C31H29ClN6O8/c1-35-29(38(41)42)19(14-33-35)16-46-30(39)34-22-12-23-25(21-8-6-5-7-20(21)22)18(13-32)15-37(23)31(40)36-10-9-17-11-24(43-2)27(44-3)28(45-4)26(17)36/h5-12,14,18H,13,15-16H2,1-4H3,(H,34,39). The minimum Gasteiger partial charge on any atom is -0.493 e. The van der Waals surface area contributed by atoms with Crippen molar-refractivity contribution in [3.05, 3.63) is 76.1 Å². The predicted octanol–water partition coefficient (Wildman–Crippen LogP) is 6.02. The normalized spacial score (nSPS) is 13.9. The maximum Gasteiger partial charge on any atom is 0.411 e. The Labute approximate surface area is 267 Å². The monoisotopic (exact) mass is 648 g/mol. The lowest BCUT2D eigenvalue weighted by molar-refractivity contribution is -0.393. The number of nitrogens with zero attached hydrogens (tertiary/aromatic N) is 5. The second-order valence-electron chi connectivity index (χ2n) is 10.5. The van der Waals surface area contributed by atoms with Crippen LogP contribution in [0.2, 0.25) is 0 Å². The van der Waals surface area contributed by atoms with E-state index < -0.39 is 11.0 Å². The fourth-order valence-electron chi connectivity index (χ4n) is 6.01. The van der Waals surface area contributed by atoms with E-state index in [4.69, 9.17) is 30.5 Å². The molecule has 2 amide bonds. The molecule has 1 atom stereocenters. The summed E-state index contributed by atoms with van der Waals surface area (Å²) in [5, 5.41) is 20.3. The molecule has 0 spiro atoms. The topological polar surface area (TPSA) is 152 Å². The third-order valence-electron chi connectivity index (χ3n) is 8.02. The van der Waals surface area contributed by atoms with Gasteiger partial charge in [0.25, 0.3) is 0 Å². The maximum atomic E-state index is 14.3. The van der Waals surface area contributed by atoms with Crippen LogP contribution in [0.1, 0.15) is 17.0 Å². The molecular weight excluding hydrogens is 620 g/mol. The number of anilines is 2. The Morgan fingerprint density at radius 3 is 2.50 bits per heavy atom. The summed E-state index contributed by atoms with van der Waals surface area (Å²) in [6.07, 6.45) is 2.09. The molecule has 1 unspecified atom stereocenters. The first-order valence-electron chi connectivity index (χ1n) is 14.0. The van der Waals surface area contributed by atoms with Crippen molar-refractivity contribution in [3.8, 4) is 17.2 Å². The summed E-state index contributed by atoms with van der Waals surface area (Å²) in [4.78, 5) is 39.8. The van der Waals surface area contributed by atoms with Gasteiger partial charge in [0.1, 0.15) is 24.7 Å². The number of aryl methyl sites for hydroxylation is 1. The van der Waals surface area contributed by atoms with Crippen molar-refractivity contribution in [1.82, 2.24) is 14.3 Å². The first kappa shape index (κ1) is 30.5. The predicted molar refractivity (Wildman–Crippen MR) is 171 cm³/mol. The van der Waals surface area contributed by atoms with Crippen LogP contribution in [0.4, 0.5) is 26.8 Å². The van der Waals surface area contributed by atoms with Gasteiger partial charge in [0.05, 0.1) is 38.9 Å². The molecule has 0 aliphatic carbocycles. The number of hydrogen-bond acceptors (Lipinski definition) is 9. The van der Waals surface area contributed by atoms with Gasteiger partial charge in [-0.25, -0.2) is 9.59 Å². The largest absolute Gasteiger partial charge is 0.493 e. The van der Waals surface area contributed by atoms with Crippen molar-refractivity contribution in [2.75, 3.05) is 44.0 Å². The zero-order chi connectivity index (χ0) is 32.7. The number of amides is 2. The summed E-state index contributed by atoms with van der Waals surface area (Å²) in [6.45, 7) is -0.0793. The molecule has 2 aromatic heterocycles. The highest BCUT2D eigenvalue weighted by Gasteiger charge is 2.36. The molecule has 14 nitrogen and oxygen atoms in total. The number of ether oxygens (including phenoxy) is 4. The SMILES string of the molecule is COc1cc2ccn(C(=O)N3CC(CCl)c4c3cc(NC(=O)OCc3cnn(C)c3[N+](=O)[O-])c3ccccc43)c2c(OC)c1OC. The highest BCUT2D eigenvalue weighted by Crippen LogP contribution is 2.47. The van der Waals surface area contributed by atoms with E-state index >= 15 is 0 Å². The second kappa shape index (κ2) is 12.1. The summed E-state index contributed by atoms with van der Waals surface area (Å²) < 4.78 is 24.6. The van der Waals surface area contributed by atoms with E-state index in [0.29, 0.717) is 44.9 Å². The molecule has 0 saturated carbocycles. The average Bonchev–Trinajstić information content (AvgIpc) is 3.77. The lowest BCUT2D eigenvalue weighted by atomic mass is 9.95. The zero-order valence-electron chi connectivity index (χ0n) is 25.3. The molecule has 3 heterocycles. The van der Waals surface area contributed by atoms with E-state index in [1.807, 2.05) is 24.3 Å². The zero-order valence-corrected chi connectivity index (χ0v) is 26.0. The highest BCUT2D eigenvalue weighted by atomic mass is 35.5. The third kappa shape index (κ3) is 4.96. The number of alkyl halides is 1. The average molecular weight is 649 g/mol. The Kier molecular flexibility index (Phi) is 8.04. The smallest absolute Gasteiger partial charge is 0.411 e. The van der Waals surface area contributed by atoms with Gasteiger partial charge >= 0.3 is 17.9 Å². The van der Waals surface area contributed by atoms with Crippen LogP contribution in [0.3, 0.4) is 0 Å².